The van der Waals surface area contributed by atoms with Crippen molar-refractivity contribution in [2.75, 3.05) is 13.1 Å². The number of aromatic nitrogens is 1. The fourth-order valence-electron chi connectivity index (χ4n) is 4.89. The van der Waals surface area contributed by atoms with Gasteiger partial charge in [-0.05, 0) is 70.0 Å². The van der Waals surface area contributed by atoms with Gasteiger partial charge in [-0.15, -0.1) is 0 Å². The zero-order chi connectivity index (χ0) is 22.8. The van der Waals surface area contributed by atoms with E-state index in [-0.39, 0.29) is 17.7 Å². The Kier molecular flexibility index (Phi) is 4.52. The molecule has 0 bridgehead atoms. The lowest BCUT2D eigenvalue weighted by Crippen LogP contribution is -2.45. The number of aryl methyl sites for hydroxylation is 1. The molecule has 2 aliphatic heterocycles. The van der Waals surface area contributed by atoms with Gasteiger partial charge in [0, 0.05) is 47.2 Å². The SMILES string of the molecule is Cc1ccc2[nH]c3c(c2c1)CCN(C(=O)c1ccc2c(c1)C(=O)N(C(C)(C)C)C2=O)CC3. The van der Waals surface area contributed by atoms with E-state index in [1.54, 1.807) is 18.2 Å². The number of carbonyl (C=O) groups excluding carboxylic acids is 3. The molecule has 3 heterocycles. The van der Waals surface area contributed by atoms with E-state index in [9.17, 15) is 14.4 Å². The minimum absolute atomic E-state index is 0.104. The highest BCUT2D eigenvalue weighted by atomic mass is 16.2. The largest absolute Gasteiger partial charge is 0.358 e. The number of nitrogens with one attached hydrogen (secondary N) is 1. The van der Waals surface area contributed by atoms with Crippen molar-refractivity contribution in [3.63, 3.8) is 0 Å². The lowest BCUT2D eigenvalue weighted by molar-refractivity contribution is 0.0507. The molecule has 1 aromatic heterocycles. The highest BCUT2D eigenvalue weighted by molar-refractivity contribution is 6.22. The van der Waals surface area contributed by atoms with Crippen LogP contribution in [-0.4, -0.2) is 51.1 Å². The Hall–Kier alpha value is -3.41. The van der Waals surface area contributed by atoms with Crippen molar-refractivity contribution >= 4 is 28.6 Å². The summed E-state index contributed by atoms with van der Waals surface area (Å²) in [5.41, 5.74) is 5.36. The molecule has 0 saturated carbocycles. The number of amides is 3. The number of aromatic amines is 1. The van der Waals surface area contributed by atoms with E-state index >= 15 is 0 Å². The number of rotatable bonds is 1. The zero-order valence-electron chi connectivity index (χ0n) is 18.9. The van der Waals surface area contributed by atoms with E-state index in [2.05, 4.69) is 30.1 Å². The van der Waals surface area contributed by atoms with Crippen molar-refractivity contribution in [2.45, 2.75) is 46.1 Å². The van der Waals surface area contributed by atoms with Crippen molar-refractivity contribution in [1.29, 1.82) is 0 Å². The molecule has 2 aromatic carbocycles. The van der Waals surface area contributed by atoms with Gasteiger partial charge in [-0.1, -0.05) is 11.6 Å². The maximum atomic E-state index is 13.3. The van der Waals surface area contributed by atoms with Crippen molar-refractivity contribution in [1.82, 2.24) is 14.8 Å². The number of benzene rings is 2. The Bertz CT molecular complexity index is 1300. The van der Waals surface area contributed by atoms with Gasteiger partial charge >= 0.3 is 0 Å². The van der Waals surface area contributed by atoms with Gasteiger partial charge in [0.2, 0.25) is 0 Å². The van der Waals surface area contributed by atoms with Crippen LogP contribution in [0.3, 0.4) is 0 Å². The molecule has 2 aliphatic rings. The second kappa shape index (κ2) is 7.05. The topological polar surface area (TPSA) is 73.5 Å². The van der Waals surface area contributed by atoms with E-state index < -0.39 is 5.54 Å². The number of fused-ring (bicyclic) bond motifs is 4. The van der Waals surface area contributed by atoms with Crippen LogP contribution in [0.2, 0.25) is 0 Å². The molecule has 0 saturated heterocycles. The molecule has 6 nitrogen and oxygen atoms in total. The third-order valence-corrected chi connectivity index (χ3v) is 6.51. The molecule has 32 heavy (non-hydrogen) atoms. The van der Waals surface area contributed by atoms with Crippen LogP contribution in [0.15, 0.2) is 36.4 Å². The minimum Gasteiger partial charge on any atom is -0.358 e. The highest BCUT2D eigenvalue weighted by Crippen LogP contribution is 2.31. The normalized spacial score (nSPS) is 16.4. The third kappa shape index (κ3) is 3.13. The number of carbonyl (C=O) groups is 3. The van der Waals surface area contributed by atoms with Crippen LogP contribution >= 0.6 is 0 Å². The Balaban J connectivity index is 1.40. The average Bonchev–Trinajstić information content (AvgIpc) is 3.11. The Morgan fingerprint density at radius 1 is 0.938 bits per heavy atom. The summed E-state index contributed by atoms with van der Waals surface area (Å²) < 4.78 is 0. The second-order valence-corrected chi connectivity index (χ2v) is 9.80. The smallest absolute Gasteiger partial charge is 0.262 e. The molecule has 0 spiro atoms. The molecule has 5 rings (SSSR count). The summed E-state index contributed by atoms with van der Waals surface area (Å²) in [4.78, 5) is 45.6. The first-order valence-corrected chi connectivity index (χ1v) is 11.1. The van der Waals surface area contributed by atoms with Gasteiger partial charge in [-0.3, -0.25) is 19.3 Å². The Morgan fingerprint density at radius 3 is 2.41 bits per heavy atom. The quantitative estimate of drug-likeness (QED) is 0.592. The maximum absolute atomic E-state index is 13.3. The fourth-order valence-corrected chi connectivity index (χ4v) is 4.89. The summed E-state index contributed by atoms with van der Waals surface area (Å²) in [5, 5.41) is 1.23. The third-order valence-electron chi connectivity index (χ3n) is 6.51. The first-order chi connectivity index (χ1) is 15.1. The predicted molar refractivity (Wildman–Crippen MR) is 123 cm³/mol. The summed E-state index contributed by atoms with van der Waals surface area (Å²) in [6, 6.07) is 11.3. The van der Waals surface area contributed by atoms with Crippen LogP contribution in [0.5, 0.6) is 0 Å². The molecule has 0 fully saturated rings. The van der Waals surface area contributed by atoms with Gasteiger partial charge in [0.15, 0.2) is 0 Å². The lowest BCUT2D eigenvalue weighted by Gasteiger charge is -2.29. The van der Waals surface area contributed by atoms with E-state index in [0.717, 1.165) is 18.4 Å². The van der Waals surface area contributed by atoms with Crippen molar-refractivity contribution in [3.05, 3.63) is 69.9 Å². The van der Waals surface area contributed by atoms with Crippen LogP contribution in [0.1, 0.15) is 68.7 Å². The number of hydrogen-bond donors (Lipinski definition) is 1. The highest BCUT2D eigenvalue weighted by Gasteiger charge is 2.42. The summed E-state index contributed by atoms with van der Waals surface area (Å²) >= 11 is 0. The predicted octanol–water partition coefficient (Wildman–Crippen LogP) is 4.11. The summed E-state index contributed by atoms with van der Waals surface area (Å²) in [6.07, 6.45) is 1.54. The Morgan fingerprint density at radius 2 is 1.66 bits per heavy atom. The Labute approximate surface area is 187 Å². The van der Waals surface area contributed by atoms with Gasteiger partial charge < -0.3 is 9.88 Å². The van der Waals surface area contributed by atoms with Gasteiger partial charge in [-0.2, -0.15) is 0 Å². The van der Waals surface area contributed by atoms with Crippen molar-refractivity contribution in [2.24, 2.45) is 0 Å². The fraction of sp³-hybridized carbons (Fsp3) is 0.346. The molecule has 0 radical (unpaired) electrons. The monoisotopic (exact) mass is 429 g/mol. The van der Waals surface area contributed by atoms with Crippen LogP contribution in [0.25, 0.3) is 10.9 Å². The number of imide groups is 1. The molecule has 0 aliphatic carbocycles. The molecule has 164 valence electrons. The first kappa shape index (κ1) is 20.5. The lowest BCUT2D eigenvalue weighted by atomic mass is 10.0. The molecule has 0 unspecified atom stereocenters. The second-order valence-electron chi connectivity index (χ2n) is 9.80. The van der Waals surface area contributed by atoms with E-state index in [0.29, 0.717) is 29.8 Å². The van der Waals surface area contributed by atoms with Crippen molar-refractivity contribution < 1.29 is 14.4 Å². The molecule has 1 N–H and O–H groups in total. The average molecular weight is 430 g/mol. The van der Waals surface area contributed by atoms with E-state index in [1.165, 1.54) is 27.1 Å². The summed E-state index contributed by atoms with van der Waals surface area (Å²) in [6.45, 7) is 8.81. The van der Waals surface area contributed by atoms with Crippen LogP contribution in [-0.2, 0) is 12.8 Å². The molecule has 0 atom stereocenters. The standard InChI is InChI=1S/C26H27N3O3/c1-15-5-8-21-19(13-15)17-9-11-28(12-10-22(17)27-21)23(30)16-6-7-18-20(14-16)25(32)29(24(18)31)26(2,3)4/h5-8,13-14,27H,9-12H2,1-4H3. The zero-order valence-corrected chi connectivity index (χ0v) is 18.9. The molecule has 3 aromatic rings. The number of hydrogen-bond acceptors (Lipinski definition) is 3. The maximum Gasteiger partial charge on any atom is 0.262 e. The molecular weight excluding hydrogens is 402 g/mol. The number of nitrogens with zero attached hydrogens (tertiary/aromatic N) is 2. The van der Waals surface area contributed by atoms with Crippen molar-refractivity contribution in [3.8, 4) is 0 Å². The van der Waals surface area contributed by atoms with Crippen LogP contribution < -0.4 is 0 Å². The minimum atomic E-state index is -0.615. The van der Waals surface area contributed by atoms with E-state index in [4.69, 9.17) is 0 Å². The van der Waals surface area contributed by atoms with Crippen LogP contribution in [0, 0.1) is 6.92 Å². The van der Waals surface area contributed by atoms with Gasteiger partial charge in [0.1, 0.15) is 0 Å². The van der Waals surface area contributed by atoms with Gasteiger partial charge in [0.05, 0.1) is 11.1 Å². The summed E-state index contributed by atoms with van der Waals surface area (Å²) in [5.74, 6) is -0.736. The van der Waals surface area contributed by atoms with Gasteiger partial charge in [-0.25, -0.2) is 0 Å². The van der Waals surface area contributed by atoms with Crippen LogP contribution in [0.4, 0.5) is 0 Å². The number of H-pyrrole nitrogens is 1. The van der Waals surface area contributed by atoms with E-state index in [1.807, 2.05) is 25.7 Å². The molecule has 6 heteroatoms. The molecular formula is C26H27N3O3. The molecule has 3 amide bonds. The van der Waals surface area contributed by atoms with Gasteiger partial charge in [0.25, 0.3) is 17.7 Å². The first-order valence-electron chi connectivity index (χ1n) is 11.1. The summed E-state index contributed by atoms with van der Waals surface area (Å²) in [7, 11) is 0.